The zero-order valence-corrected chi connectivity index (χ0v) is 8.52. The van der Waals surface area contributed by atoms with Crippen molar-refractivity contribution in [2.45, 2.75) is 18.6 Å². The van der Waals surface area contributed by atoms with Gasteiger partial charge in [0.25, 0.3) is 0 Å². The topological polar surface area (TPSA) is 53.3 Å². The Hall–Kier alpha value is -0.520. The molecule has 1 saturated heterocycles. The van der Waals surface area contributed by atoms with Crippen LogP contribution in [0.25, 0.3) is 0 Å². The Morgan fingerprint density at radius 2 is 2.29 bits per heavy atom. The molecule has 0 aliphatic carbocycles. The summed E-state index contributed by atoms with van der Waals surface area (Å²) in [6.45, 7) is 1.71. The molecule has 0 radical (unpaired) electrons. The Morgan fingerprint density at radius 3 is 2.86 bits per heavy atom. The summed E-state index contributed by atoms with van der Waals surface area (Å²) in [6.07, 6.45) is -0.314. The SMILES string of the molecule is NC1=C(Cl)N(C2CNCC(F)C2)NC1. The van der Waals surface area contributed by atoms with E-state index in [9.17, 15) is 4.39 Å². The van der Waals surface area contributed by atoms with E-state index in [1.54, 1.807) is 5.01 Å². The number of piperidine rings is 1. The number of nitrogens with zero attached hydrogens (tertiary/aromatic N) is 1. The third-order valence-electron chi connectivity index (χ3n) is 2.56. The smallest absolute Gasteiger partial charge is 0.139 e. The highest BCUT2D eigenvalue weighted by Crippen LogP contribution is 2.22. The third kappa shape index (κ3) is 1.80. The van der Waals surface area contributed by atoms with Crippen LogP contribution in [0.1, 0.15) is 6.42 Å². The molecule has 0 aromatic carbocycles. The highest BCUT2D eigenvalue weighted by molar-refractivity contribution is 6.29. The van der Waals surface area contributed by atoms with Gasteiger partial charge in [-0.3, -0.25) is 5.01 Å². The van der Waals surface area contributed by atoms with Crippen LogP contribution in [0.4, 0.5) is 4.39 Å². The maximum atomic E-state index is 13.1. The molecule has 0 spiro atoms. The van der Waals surface area contributed by atoms with Crippen LogP contribution < -0.4 is 16.5 Å². The highest BCUT2D eigenvalue weighted by atomic mass is 35.5. The molecule has 0 aromatic heterocycles. The summed E-state index contributed by atoms with van der Waals surface area (Å²) in [4.78, 5) is 0. The van der Waals surface area contributed by atoms with E-state index >= 15 is 0 Å². The molecule has 2 rings (SSSR count). The molecule has 80 valence electrons. The zero-order chi connectivity index (χ0) is 10.1. The number of hydrogen-bond acceptors (Lipinski definition) is 4. The Morgan fingerprint density at radius 1 is 1.50 bits per heavy atom. The van der Waals surface area contributed by atoms with Crippen LogP contribution in [-0.2, 0) is 0 Å². The first-order valence-electron chi connectivity index (χ1n) is 4.70. The largest absolute Gasteiger partial charge is 0.398 e. The highest BCUT2D eigenvalue weighted by Gasteiger charge is 2.30. The summed E-state index contributed by atoms with van der Waals surface area (Å²) in [6, 6.07) is 0.0484. The fourth-order valence-corrected chi connectivity index (χ4v) is 2.09. The first kappa shape index (κ1) is 10.0. The Kier molecular flexibility index (Phi) is 2.80. The minimum Gasteiger partial charge on any atom is -0.398 e. The fourth-order valence-electron chi connectivity index (χ4n) is 1.82. The quantitative estimate of drug-likeness (QED) is 0.539. The van der Waals surface area contributed by atoms with Gasteiger partial charge >= 0.3 is 0 Å². The first-order valence-corrected chi connectivity index (χ1v) is 5.08. The molecule has 2 unspecified atom stereocenters. The summed E-state index contributed by atoms with van der Waals surface area (Å²) in [5.41, 5.74) is 9.30. The zero-order valence-electron chi connectivity index (χ0n) is 7.76. The van der Waals surface area contributed by atoms with Gasteiger partial charge in [-0.05, 0) is 0 Å². The van der Waals surface area contributed by atoms with E-state index in [1.807, 2.05) is 0 Å². The van der Waals surface area contributed by atoms with Crippen molar-refractivity contribution in [3.05, 3.63) is 10.9 Å². The van der Waals surface area contributed by atoms with Gasteiger partial charge in [-0.1, -0.05) is 11.6 Å². The van der Waals surface area contributed by atoms with E-state index in [1.165, 1.54) is 0 Å². The number of halogens is 2. The Bertz CT molecular complexity index is 258. The summed E-state index contributed by atoms with van der Waals surface area (Å²) < 4.78 is 13.1. The van der Waals surface area contributed by atoms with Crippen molar-refractivity contribution in [2.75, 3.05) is 19.6 Å². The molecule has 2 atom stereocenters. The Labute approximate surface area is 87.2 Å². The van der Waals surface area contributed by atoms with E-state index in [4.69, 9.17) is 17.3 Å². The number of alkyl halides is 1. The second-order valence-corrected chi connectivity index (χ2v) is 4.02. The maximum Gasteiger partial charge on any atom is 0.139 e. The molecule has 0 bridgehead atoms. The fraction of sp³-hybridized carbons (Fsp3) is 0.750. The molecule has 2 heterocycles. The second-order valence-electron chi connectivity index (χ2n) is 3.67. The van der Waals surface area contributed by atoms with Crippen LogP contribution in [0.2, 0.25) is 0 Å². The van der Waals surface area contributed by atoms with Crippen LogP contribution in [0.3, 0.4) is 0 Å². The van der Waals surface area contributed by atoms with Gasteiger partial charge in [0.05, 0.1) is 18.3 Å². The predicted molar refractivity (Wildman–Crippen MR) is 53.1 cm³/mol. The lowest BCUT2D eigenvalue weighted by molar-refractivity contribution is 0.131. The molecule has 6 heteroatoms. The lowest BCUT2D eigenvalue weighted by Crippen LogP contribution is -2.51. The minimum absolute atomic E-state index is 0.0484. The average molecular weight is 221 g/mol. The molecular formula is C8H14ClFN4. The van der Waals surface area contributed by atoms with Gasteiger partial charge in [-0.2, -0.15) is 0 Å². The molecule has 0 aromatic rings. The Balaban J connectivity index is 2.01. The number of hydrazine groups is 1. The van der Waals surface area contributed by atoms with Crippen molar-refractivity contribution in [1.82, 2.24) is 15.8 Å². The van der Waals surface area contributed by atoms with E-state index < -0.39 is 6.17 Å². The normalized spacial score (nSPS) is 34.0. The van der Waals surface area contributed by atoms with Crippen molar-refractivity contribution < 1.29 is 4.39 Å². The summed E-state index contributed by atoms with van der Waals surface area (Å²) >= 11 is 5.98. The summed E-state index contributed by atoms with van der Waals surface area (Å²) in [7, 11) is 0. The van der Waals surface area contributed by atoms with Gasteiger partial charge < -0.3 is 11.1 Å². The molecule has 2 aliphatic rings. The number of rotatable bonds is 1. The number of nitrogens with two attached hydrogens (primary N) is 1. The van der Waals surface area contributed by atoms with Gasteiger partial charge in [0.15, 0.2) is 0 Å². The monoisotopic (exact) mass is 220 g/mol. The van der Waals surface area contributed by atoms with Crippen LogP contribution in [0.5, 0.6) is 0 Å². The molecule has 4 N–H and O–H groups in total. The van der Waals surface area contributed by atoms with Crippen LogP contribution in [0, 0.1) is 0 Å². The third-order valence-corrected chi connectivity index (χ3v) is 2.98. The van der Waals surface area contributed by atoms with Crippen molar-refractivity contribution >= 4 is 11.6 Å². The van der Waals surface area contributed by atoms with Crippen LogP contribution in [0.15, 0.2) is 10.9 Å². The summed E-state index contributed by atoms with van der Waals surface area (Å²) in [5.74, 6) is 0. The molecule has 14 heavy (non-hydrogen) atoms. The van der Waals surface area contributed by atoms with Gasteiger partial charge in [0.2, 0.25) is 0 Å². The van der Waals surface area contributed by atoms with Gasteiger partial charge in [0, 0.05) is 19.5 Å². The molecule has 2 aliphatic heterocycles. The van der Waals surface area contributed by atoms with E-state index in [0.29, 0.717) is 30.4 Å². The minimum atomic E-state index is -0.804. The molecule has 0 amide bonds. The van der Waals surface area contributed by atoms with Crippen LogP contribution in [-0.4, -0.2) is 36.9 Å². The van der Waals surface area contributed by atoms with E-state index in [-0.39, 0.29) is 6.04 Å². The van der Waals surface area contributed by atoms with Gasteiger partial charge in [-0.25, -0.2) is 9.82 Å². The standard InChI is InChI=1S/C8H14ClFN4/c9-8-7(11)4-13-14(8)6-1-5(10)2-12-3-6/h5-6,12-13H,1-4,11H2. The van der Waals surface area contributed by atoms with Gasteiger partial charge in [-0.15, -0.1) is 0 Å². The molecule has 4 nitrogen and oxygen atoms in total. The van der Waals surface area contributed by atoms with Crippen LogP contribution >= 0.6 is 11.6 Å². The predicted octanol–water partition coefficient (Wildman–Crippen LogP) is -0.127. The average Bonchev–Trinajstić information content (AvgIpc) is 2.48. The van der Waals surface area contributed by atoms with Crippen molar-refractivity contribution in [3.63, 3.8) is 0 Å². The maximum absolute atomic E-state index is 13.1. The first-order chi connectivity index (χ1) is 6.68. The van der Waals surface area contributed by atoms with Crippen molar-refractivity contribution in [1.29, 1.82) is 0 Å². The van der Waals surface area contributed by atoms with Crippen molar-refractivity contribution in [3.8, 4) is 0 Å². The lowest BCUT2D eigenvalue weighted by atomic mass is 10.1. The molecular weight excluding hydrogens is 207 g/mol. The molecule has 0 saturated carbocycles. The number of hydrogen-bond donors (Lipinski definition) is 3. The van der Waals surface area contributed by atoms with E-state index in [2.05, 4.69) is 10.7 Å². The summed E-state index contributed by atoms with van der Waals surface area (Å²) in [5, 5.41) is 5.28. The molecule has 1 fully saturated rings. The number of nitrogens with one attached hydrogen (secondary N) is 2. The van der Waals surface area contributed by atoms with Crippen molar-refractivity contribution in [2.24, 2.45) is 5.73 Å². The van der Waals surface area contributed by atoms with E-state index in [0.717, 1.165) is 6.54 Å². The lowest BCUT2D eigenvalue weighted by Gasteiger charge is -2.34. The van der Waals surface area contributed by atoms with Gasteiger partial charge in [0.1, 0.15) is 11.3 Å². The second kappa shape index (κ2) is 3.92.